The Kier molecular flexibility index (Phi) is 2.63. The van der Waals surface area contributed by atoms with Crippen molar-refractivity contribution in [2.75, 3.05) is 0 Å². The highest BCUT2D eigenvalue weighted by molar-refractivity contribution is 5.76. The lowest BCUT2D eigenvalue weighted by molar-refractivity contribution is 0.410. The largest absolute Gasteiger partial charge is 0.406 e. The number of hydrogen-bond donors (Lipinski definition) is 0. The van der Waals surface area contributed by atoms with Gasteiger partial charge in [0.15, 0.2) is 0 Å². The van der Waals surface area contributed by atoms with Crippen LogP contribution in [-0.4, -0.2) is 14.5 Å². The molecule has 0 unspecified atom stereocenters. The Balaban J connectivity index is 2.01. The summed E-state index contributed by atoms with van der Waals surface area (Å²) in [6.07, 6.45) is 1.05. The van der Waals surface area contributed by atoms with Crippen LogP contribution in [0.1, 0.15) is 0 Å². The number of benzene rings is 1. The zero-order valence-electron chi connectivity index (χ0n) is 9.97. The first-order valence-electron chi connectivity index (χ1n) is 5.55. The summed E-state index contributed by atoms with van der Waals surface area (Å²) in [5.74, 6) is -0.568. The Labute approximate surface area is 107 Å². The number of imidazole rings is 1. The first-order chi connectivity index (χ1) is 9.13. The smallest absolute Gasteiger partial charge is 0.304 e. The van der Waals surface area contributed by atoms with Crippen LogP contribution < -0.4 is 4.74 Å². The van der Waals surface area contributed by atoms with Crippen LogP contribution in [0, 0.1) is 11.6 Å². The van der Waals surface area contributed by atoms with E-state index in [1.165, 1.54) is 24.3 Å². The van der Waals surface area contributed by atoms with Gasteiger partial charge in [0.2, 0.25) is 5.88 Å². The summed E-state index contributed by atoms with van der Waals surface area (Å²) in [5, 5.41) is 0. The van der Waals surface area contributed by atoms with E-state index in [1.807, 2.05) is 0 Å². The maximum absolute atomic E-state index is 13.2. The SMILES string of the molecule is Cn1c(Oc2ccc(F)cn2)nc2ccc(F)cc21. The van der Waals surface area contributed by atoms with Crippen LogP contribution in [0.4, 0.5) is 8.78 Å². The molecule has 3 aromatic rings. The van der Waals surface area contributed by atoms with Gasteiger partial charge >= 0.3 is 6.01 Å². The van der Waals surface area contributed by atoms with Crippen molar-refractivity contribution in [3.8, 4) is 11.9 Å². The van der Waals surface area contributed by atoms with E-state index < -0.39 is 5.82 Å². The van der Waals surface area contributed by atoms with Gasteiger partial charge in [0.25, 0.3) is 0 Å². The molecule has 0 N–H and O–H groups in total. The summed E-state index contributed by atoms with van der Waals surface area (Å²) >= 11 is 0. The van der Waals surface area contributed by atoms with Gasteiger partial charge in [0, 0.05) is 13.1 Å². The number of fused-ring (bicyclic) bond motifs is 1. The Bertz CT molecular complexity index is 737. The van der Waals surface area contributed by atoms with Gasteiger partial charge in [-0.2, -0.15) is 4.98 Å². The fourth-order valence-corrected chi connectivity index (χ4v) is 1.75. The lowest BCUT2D eigenvalue weighted by atomic mass is 10.3. The van der Waals surface area contributed by atoms with Gasteiger partial charge in [-0.15, -0.1) is 0 Å². The van der Waals surface area contributed by atoms with Gasteiger partial charge in [-0.3, -0.25) is 4.57 Å². The molecular weight excluding hydrogens is 252 g/mol. The molecule has 0 radical (unpaired) electrons. The standard InChI is InChI=1S/C13H9F2N3O/c1-18-11-6-8(14)2-4-10(11)17-13(18)19-12-5-3-9(15)7-16-12/h2-7H,1H3. The number of halogens is 2. The molecule has 0 fully saturated rings. The Hall–Kier alpha value is -2.50. The molecule has 19 heavy (non-hydrogen) atoms. The minimum Gasteiger partial charge on any atom is -0.406 e. The van der Waals surface area contributed by atoms with E-state index in [9.17, 15) is 8.78 Å². The molecule has 4 nitrogen and oxygen atoms in total. The van der Waals surface area contributed by atoms with Crippen LogP contribution in [0.5, 0.6) is 11.9 Å². The predicted molar refractivity (Wildman–Crippen MR) is 64.9 cm³/mol. The van der Waals surface area contributed by atoms with E-state index in [-0.39, 0.29) is 17.7 Å². The molecule has 0 bridgehead atoms. The van der Waals surface area contributed by atoms with Gasteiger partial charge in [-0.05, 0) is 24.3 Å². The molecule has 2 aromatic heterocycles. The zero-order chi connectivity index (χ0) is 13.4. The topological polar surface area (TPSA) is 39.9 Å². The number of aromatic nitrogens is 3. The molecule has 1 aromatic carbocycles. The predicted octanol–water partition coefficient (Wildman–Crippen LogP) is 3.04. The molecule has 0 saturated carbocycles. The summed E-state index contributed by atoms with van der Waals surface area (Å²) in [6, 6.07) is 7.16. The lowest BCUT2D eigenvalue weighted by Gasteiger charge is -2.03. The van der Waals surface area contributed by atoms with Crippen molar-refractivity contribution in [3.05, 3.63) is 48.2 Å². The van der Waals surface area contributed by atoms with Crippen LogP contribution >= 0.6 is 0 Å². The molecular formula is C13H9F2N3O. The minimum absolute atomic E-state index is 0.222. The van der Waals surface area contributed by atoms with E-state index >= 15 is 0 Å². The monoisotopic (exact) mass is 261 g/mol. The summed E-state index contributed by atoms with van der Waals surface area (Å²) in [4.78, 5) is 7.99. The molecule has 2 heterocycles. The van der Waals surface area contributed by atoms with Crippen LogP contribution in [0.25, 0.3) is 11.0 Å². The minimum atomic E-state index is -0.445. The van der Waals surface area contributed by atoms with E-state index in [0.717, 1.165) is 6.20 Å². The second-order valence-corrected chi connectivity index (χ2v) is 4.00. The Morgan fingerprint density at radius 3 is 2.63 bits per heavy atom. The molecule has 0 atom stereocenters. The number of rotatable bonds is 2. The Morgan fingerprint density at radius 1 is 1.11 bits per heavy atom. The van der Waals surface area contributed by atoms with E-state index in [1.54, 1.807) is 17.7 Å². The first-order valence-corrected chi connectivity index (χ1v) is 5.55. The van der Waals surface area contributed by atoms with Crippen LogP contribution in [0.3, 0.4) is 0 Å². The summed E-state index contributed by atoms with van der Waals surface area (Å²) in [7, 11) is 1.70. The lowest BCUT2D eigenvalue weighted by Crippen LogP contribution is -1.96. The van der Waals surface area contributed by atoms with E-state index in [0.29, 0.717) is 11.0 Å². The molecule has 0 aliphatic rings. The average Bonchev–Trinajstić information content (AvgIpc) is 2.70. The molecule has 0 aliphatic carbocycles. The van der Waals surface area contributed by atoms with Gasteiger partial charge in [-0.25, -0.2) is 13.8 Å². The van der Waals surface area contributed by atoms with Crippen molar-refractivity contribution in [2.45, 2.75) is 0 Å². The zero-order valence-corrected chi connectivity index (χ0v) is 9.97. The van der Waals surface area contributed by atoms with Gasteiger partial charge in [-0.1, -0.05) is 0 Å². The van der Waals surface area contributed by atoms with Gasteiger partial charge < -0.3 is 4.74 Å². The summed E-state index contributed by atoms with van der Waals surface area (Å²) in [5.41, 5.74) is 1.22. The second-order valence-electron chi connectivity index (χ2n) is 4.00. The summed E-state index contributed by atoms with van der Waals surface area (Å²) in [6.45, 7) is 0. The number of pyridine rings is 1. The van der Waals surface area contributed by atoms with Crippen LogP contribution in [-0.2, 0) is 7.05 Å². The van der Waals surface area contributed by atoms with Gasteiger partial charge in [0.05, 0.1) is 17.2 Å². The van der Waals surface area contributed by atoms with E-state index in [2.05, 4.69) is 9.97 Å². The highest BCUT2D eigenvalue weighted by Gasteiger charge is 2.11. The van der Waals surface area contributed by atoms with Crippen LogP contribution in [0.15, 0.2) is 36.5 Å². The number of nitrogens with zero attached hydrogens (tertiary/aromatic N) is 3. The van der Waals surface area contributed by atoms with Crippen molar-refractivity contribution >= 4 is 11.0 Å². The van der Waals surface area contributed by atoms with Crippen LogP contribution in [0.2, 0.25) is 0 Å². The Morgan fingerprint density at radius 2 is 1.89 bits per heavy atom. The molecule has 96 valence electrons. The summed E-state index contributed by atoms with van der Waals surface area (Å²) < 4.78 is 32.9. The number of hydrogen-bond acceptors (Lipinski definition) is 3. The molecule has 3 rings (SSSR count). The fraction of sp³-hybridized carbons (Fsp3) is 0.0769. The highest BCUT2D eigenvalue weighted by Crippen LogP contribution is 2.24. The molecule has 6 heteroatoms. The quantitative estimate of drug-likeness (QED) is 0.711. The molecule has 0 spiro atoms. The molecule has 0 amide bonds. The van der Waals surface area contributed by atoms with Crippen molar-refractivity contribution in [2.24, 2.45) is 7.05 Å². The van der Waals surface area contributed by atoms with Gasteiger partial charge in [0.1, 0.15) is 11.6 Å². The first kappa shape index (κ1) is 11.6. The van der Waals surface area contributed by atoms with Crippen molar-refractivity contribution in [1.82, 2.24) is 14.5 Å². The number of ether oxygens (including phenoxy) is 1. The third kappa shape index (κ3) is 2.12. The molecule has 0 saturated heterocycles. The van der Waals surface area contributed by atoms with Crippen molar-refractivity contribution in [3.63, 3.8) is 0 Å². The fourth-order valence-electron chi connectivity index (χ4n) is 1.75. The normalized spacial score (nSPS) is 10.9. The maximum atomic E-state index is 13.2. The second kappa shape index (κ2) is 4.31. The van der Waals surface area contributed by atoms with Crippen molar-refractivity contribution < 1.29 is 13.5 Å². The molecule has 0 aliphatic heterocycles. The highest BCUT2D eigenvalue weighted by atomic mass is 19.1. The van der Waals surface area contributed by atoms with Crippen molar-refractivity contribution in [1.29, 1.82) is 0 Å². The third-order valence-corrected chi connectivity index (χ3v) is 2.70. The number of aryl methyl sites for hydroxylation is 1. The maximum Gasteiger partial charge on any atom is 0.304 e. The van der Waals surface area contributed by atoms with E-state index in [4.69, 9.17) is 4.74 Å². The average molecular weight is 261 g/mol. The third-order valence-electron chi connectivity index (χ3n) is 2.70.